The third-order valence-corrected chi connectivity index (χ3v) is 4.67. The molecule has 0 saturated heterocycles. The fraction of sp³-hybridized carbons (Fsp3) is 0.200. The quantitative estimate of drug-likeness (QED) is 0.473. The first kappa shape index (κ1) is 18.1. The van der Waals surface area contributed by atoms with Gasteiger partial charge in [0, 0.05) is 6.08 Å². The molecular formula is C20H20N2O3S. The van der Waals surface area contributed by atoms with Gasteiger partial charge in [0.15, 0.2) is 16.7 Å². The Labute approximate surface area is 156 Å². The molecule has 1 heterocycles. The van der Waals surface area contributed by atoms with Crippen LogP contribution in [0.25, 0.3) is 17.1 Å². The lowest BCUT2D eigenvalue weighted by molar-refractivity contribution is 0.0965. The van der Waals surface area contributed by atoms with E-state index in [1.54, 1.807) is 42.7 Å². The van der Waals surface area contributed by atoms with E-state index in [4.69, 9.17) is 9.47 Å². The highest BCUT2D eigenvalue weighted by atomic mass is 32.2. The zero-order valence-corrected chi connectivity index (χ0v) is 15.7. The summed E-state index contributed by atoms with van der Waals surface area (Å²) in [6, 6.07) is 13.2. The second-order valence-electron chi connectivity index (χ2n) is 5.44. The van der Waals surface area contributed by atoms with Gasteiger partial charge in [0.1, 0.15) is 0 Å². The van der Waals surface area contributed by atoms with Crippen molar-refractivity contribution < 1.29 is 14.3 Å². The lowest BCUT2D eigenvalue weighted by atomic mass is 10.2. The van der Waals surface area contributed by atoms with E-state index < -0.39 is 0 Å². The van der Waals surface area contributed by atoms with Gasteiger partial charge in [0.25, 0.3) is 5.91 Å². The number of methoxy groups -OCH3 is 2. The van der Waals surface area contributed by atoms with E-state index in [1.165, 1.54) is 0 Å². The number of ether oxygens (including phenoxy) is 2. The van der Waals surface area contributed by atoms with Crippen LogP contribution in [0.2, 0.25) is 0 Å². The number of fused-ring (bicyclic) bond motifs is 1. The number of hydrogen-bond donors (Lipinski definition) is 0. The zero-order valence-electron chi connectivity index (χ0n) is 14.9. The highest BCUT2D eigenvalue weighted by Gasteiger charge is 2.14. The molecule has 3 rings (SSSR count). The van der Waals surface area contributed by atoms with Crippen LogP contribution in [0.4, 0.5) is 0 Å². The summed E-state index contributed by atoms with van der Waals surface area (Å²) >= 11 is 1.55. The summed E-state index contributed by atoms with van der Waals surface area (Å²) in [7, 11) is 3.18. The molecule has 2 aromatic carbocycles. The number of thioether (sulfide) groups is 1. The first-order valence-electron chi connectivity index (χ1n) is 8.22. The van der Waals surface area contributed by atoms with Gasteiger partial charge in [-0.3, -0.25) is 9.36 Å². The second kappa shape index (κ2) is 8.10. The van der Waals surface area contributed by atoms with Gasteiger partial charge in [-0.05, 0) is 41.7 Å². The summed E-state index contributed by atoms with van der Waals surface area (Å²) < 4.78 is 12.2. The van der Waals surface area contributed by atoms with Crippen molar-refractivity contribution >= 4 is 34.8 Å². The Morgan fingerprint density at radius 3 is 2.65 bits per heavy atom. The topological polar surface area (TPSA) is 53.4 Å². The maximum absolute atomic E-state index is 12.8. The monoisotopic (exact) mass is 368 g/mol. The fourth-order valence-corrected chi connectivity index (χ4v) is 3.38. The molecule has 0 aliphatic carbocycles. The molecule has 1 aromatic heterocycles. The molecule has 0 aliphatic rings. The largest absolute Gasteiger partial charge is 0.493 e. The van der Waals surface area contributed by atoms with E-state index in [1.807, 2.05) is 49.4 Å². The number of para-hydroxylation sites is 2. The average Bonchev–Trinajstić information content (AvgIpc) is 3.04. The Morgan fingerprint density at radius 2 is 1.92 bits per heavy atom. The molecule has 26 heavy (non-hydrogen) atoms. The van der Waals surface area contributed by atoms with Crippen LogP contribution in [0.15, 0.2) is 53.7 Å². The van der Waals surface area contributed by atoms with Crippen molar-refractivity contribution in [2.45, 2.75) is 12.1 Å². The molecule has 134 valence electrons. The summed E-state index contributed by atoms with van der Waals surface area (Å²) in [4.78, 5) is 17.4. The number of carbonyl (C=O) groups is 1. The normalized spacial score (nSPS) is 11.2. The van der Waals surface area contributed by atoms with Gasteiger partial charge in [0.05, 0.1) is 25.3 Å². The maximum atomic E-state index is 12.8. The van der Waals surface area contributed by atoms with Crippen molar-refractivity contribution in [1.29, 1.82) is 0 Å². The number of aromatic nitrogens is 2. The van der Waals surface area contributed by atoms with Crippen molar-refractivity contribution in [3.8, 4) is 11.5 Å². The number of hydrogen-bond acceptors (Lipinski definition) is 5. The van der Waals surface area contributed by atoms with E-state index in [-0.39, 0.29) is 5.91 Å². The second-order valence-corrected chi connectivity index (χ2v) is 6.67. The Morgan fingerprint density at radius 1 is 1.15 bits per heavy atom. The number of carbonyl (C=O) groups excluding carboxylic acids is 1. The van der Waals surface area contributed by atoms with Gasteiger partial charge in [-0.1, -0.05) is 36.9 Å². The summed E-state index contributed by atoms with van der Waals surface area (Å²) in [5.41, 5.74) is 2.48. The molecule has 6 heteroatoms. The van der Waals surface area contributed by atoms with Crippen LogP contribution in [-0.4, -0.2) is 35.4 Å². The van der Waals surface area contributed by atoms with Crippen LogP contribution in [-0.2, 0) is 0 Å². The van der Waals surface area contributed by atoms with Crippen molar-refractivity contribution in [1.82, 2.24) is 9.55 Å². The van der Waals surface area contributed by atoms with Crippen molar-refractivity contribution in [3.05, 3.63) is 54.1 Å². The molecule has 0 spiro atoms. The SMILES string of the molecule is CCSc1nc2ccccc2n1C(=O)C=Cc1ccc(OC)c(OC)c1. The smallest absolute Gasteiger partial charge is 0.257 e. The summed E-state index contributed by atoms with van der Waals surface area (Å²) in [5, 5.41) is 0.704. The molecule has 0 unspecified atom stereocenters. The lowest BCUT2D eigenvalue weighted by Gasteiger charge is -2.07. The molecule has 0 bridgehead atoms. The van der Waals surface area contributed by atoms with Gasteiger partial charge in [0.2, 0.25) is 0 Å². The van der Waals surface area contributed by atoms with E-state index in [0.717, 1.165) is 22.3 Å². The first-order valence-corrected chi connectivity index (χ1v) is 9.21. The van der Waals surface area contributed by atoms with Gasteiger partial charge in [-0.15, -0.1) is 0 Å². The molecule has 0 amide bonds. The molecule has 5 nitrogen and oxygen atoms in total. The van der Waals surface area contributed by atoms with E-state index in [9.17, 15) is 4.79 Å². The zero-order chi connectivity index (χ0) is 18.5. The van der Waals surface area contributed by atoms with Crippen LogP contribution >= 0.6 is 11.8 Å². The molecule has 0 fully saturated rings. The predicted octanol–water partition coefficient (Wildman–Crippen LogP) is 4.52. The van der Waals surface area contributed by atoms with E-state index in [0.29, 0.717) is 16.7 Å². The van der Waals surface area contributed by atoms with Gasteiger partial charge in [-0.2, -0.15) is 0 Å². The van der Waals surface area contributed by atoms with Crippen LogP contribution < -0.4 is 9.47 Å². The maximum Gasteiger partial charge on any atom is 0.257 e. The summed E-state index contributed by atoms with van der Waals surface area (Å²) in [6.45, 7) is 2.04. The van der Waals surface area contributed by atoms with E-state index >= 15 is 0 Å². The highest BCUT2D eigenvalue weighted by molar-refractivity contribution is 7.99. The van der Waals surface area contributed by atoms with Crippen LogP contribution in [0.5, 0.6) is 11.5 Å². The Balaban J connectivity index is 1.94. The highest BCUT2D eigenvalue weighted by Crippen LogP contribution is 2.28. The predicted molar refractivity (Wildman–Crippen MR) is 105 cm³/mol. The van der Waals surface area contributed by atoms with Crippen LogP contribution in [0.3, 0.4) is 0 Å². The molecular weight excluding hydrogens is 348 g/mol. The number of nitrogens with zero attached hydrogens (tertiary/aromatic N) is 2. The number of allylic oxidation sites excluding steroid dienone is 1. The number of benzene rings is 2. The minimum atomic E-state index is -0.135. The Hall–Kier alpha value is -2.73. The van der Waals surface area contributed by atoms with Crippen LogP contribution in [0, 0.1) is 0 Å². The minimum absolute atomic E-state index is 0.135. The number of rotatable bonds is 6. The molecule has 0 N–H and O–H groups in total. The minimum Gasteiger partial charge on any atom is -0.493 e. The molecule has 0 atom stereocenters. The van der Waals surface area contributed by atoms with Gasteiger partial charge >= 0.3 is 0 Å². The molecule has 0 aliphatic heterocycles. The average molecular weight is 368 g/mol. The van der Waals surface area contributed by atoms with Crippen LogP contribution in [0.1, 0.15) is 17.3 Å². The Bertz CT molecular complexity index is 963. The van der Waals surface area contributed by atoms with E-state index in [2.05, 4.69) is 4.98 Å². The first-order chi connectivity index (χ1) is 12.7. The summed E-state index contributed by atoms with van der Waals surface area (Å²) in [6.07, 6.45) is 3.31. The third-order valence-electron chi connectivity index (χ3n) is 3.85. The van der Waals surface area contributed by atoms with Gasteiger partial charge < -0.3 is 9.47 Å². The standard InChI is InChI=1S/C20H20N2O3S/c1-4-26-20-21-15-7-5-6-8-16(15)22(20)19(23)12-10-14-9-11-17(24-2)18(13-14)25-3/h5-13H,4H2,1-3H3. The van der Waals surface area contributed by atoms with Crippen molar-refractivity contribution in [3.63, 3.8) is 0 Å². The molecule has 3 aromatic rings. The molecule has 0 saturated carbocycles. The Kier molecular flexibility index (Phi) is 5.63. The lowest BCUT2D eigenvalue weighted by Crippen LogP contribution is -2.08. The third kappa shape index (κ3) is 3.60. The summed E-state index contributed by atoms with van der Waals surface area (Å²) in [5.74, 6) is 1.98. The molecule has 0 radical (unpaired) electrons. The van der Waals surface area contributed by atoms with Crippen molar-refractivity contribution in [2.24, 2.45) is 0 Å². The number of imidazole rings is 1. The van der Waals surface area contributed by atoms with Gasteiger partial charge in [-0.25, -0.2) is 4.98 Å². The van der Waals surface area contributed by atoms with Crippen molar-refractivity contribution in [2.75, 3.05) is 20.0 Å². The fourth-order valence-electron chi connectivity index (χ4n) is 2.64.